The standard InChI is InChI=1S/C23H28N6O3/c1-31-20-9-8-17(14-21(20)32-2)15-28-12-10-19(11-13-28)25-23(30)22(29-16-24-26-27-29)18-6-4-3-5-7-18/h3-9,14,16,19,22H,10-13,15H2,1-2H3,(H,25,30)/t22-/m0/s1. The first-order valence-corrected chi connectivity index (χ1v) is 10.7. The van der Waals surface area contributed by atoms with E-state index in [1.807, 2.05) is 42.5 Å². The van der Waals surface area contributed by atoms with Gasteiger partial charge in [0.2, 0.25) is 5.91 Å². The van der Waals surface area contributed by atoms with E-state index in [0.717, 1.165) is 49.5 Å². The molecule has 1 fully saturated rings. The van der Waals surface area contributed by atoms with Gasteiger partial charge in [-0.25, -0.2) is 4.68 Å². The molecule has 9 nitrogen and oxygen atoms in total. The van der Waals surface area contributed by atoms with Crippen LogP contribution in [0.3, 0.4) is 0 Å². The highest BCUT2D eigenvalue weighted by molar-refractivity contribution is 5.83. The highest BCUT2D eigenvalue weighted by Gasteiger charge is 2.28. The summed E-state index contributed by atoms with van der Waals surface area (Å²) < 4.78 is 12.2. The summed E-state index contributed by atoms with van der Waals surface area (Å²) in [6.45, 7) is 2.64. The molecular weight excluding hydrogens is 408 g/mol. The average Bonchev–Trinajstić information content (AvgIpc) is 3.35. The maximum atomic E-state index is 13.1. The number of nitrogens with zero attached hydrogens (tertiary/aromatic N) is 5. The predicted molar refractivity (Wildman–Crippen MR) is 118 cm³/mol. The molecule has 4 rings (SSSR count). The molecule has 0 radical (unpaired) electrons. The molecule has 0 saturated carbocycles. The zero-order valence-corrected chi connectivity index (χ0v) is 18.3. The Labute approximate surface area is 187 Å². The van der Waals surface area contributed by atoms with Gasteiger partial charge in [-0.15, -0.1) is 5.10 Å². The number of ether oxygens (including phenoxy) is 2. The van der Waals surface area contributed by atoms with Gasteiger partial charge in [-0.2, -0.15) is 0 Å². The van der Waals surface area contributed by atoms with E-state index in [1.54, 1.807) is 14.2 Å². The number of piperidine rings is 1. The van der Waals surface area contributed by atoms with E-state index in [1.165, 1.54) is 16.6 Å². The molecule has 2 aromatic carbocycles. The fraction of sp³-hybridized carbons (Fsp3) is 0.391. The lowest BCUT2D eigenvalue weighted by Gasteiger charge is -2.33. The highest BCUT2D eigenvalue weighted by Crippen LogP contribution is 2.28. The molecule has 0 unspecified atom stereocenters. The van der Waals surface area contributed by atoms with Crippen LogP contribution in [-0.4, -0.2) is 64.4 Å². The van der Waals surface area contributed by atoms with Crippen LogP contribution >= 0.6 is 0 Å². The number of methoxy groups -OCH3 is 2. The quantitative estimate of drug-likeness (QED) is 0.578. The molecule has 9 heteroatoms. The molecular formula is C23H28N6O3. The maximum absolute atomic E-state index is 13.1. The molecule has 0 aliphatic carbocycles. The van der Waals surface area contributed by atoms with Gasteiger partial charge in [0.1, 0.15) is 6.33 Å². The van der Waals surface area contributed by atoms with Crippen LogP contribution in [0.25, 0.3) is 0 Å². The van der Waals surface area contributed by atoms with Crippen molar-refractivity contribution in [2.24, 2.45) is 0 Å². The molecule has 0 spiro atoms. The molecule has 1 aromatic heterocycles. The molecule has 1 amide bonds. The van der Waals surface area contributed by atoms with Gasteiger partial charge >= 0.3 is 0 Å². The zero-order chi connectivity index (χ0) is 22.3. The number of rotatable bonds is 8. The monoisotopic (exact) mass is 436 g/mol. The van der Waals surface area contributed by atoms with Crippen molar-refractivity contribution in [3.8, 4) is 11.5 Å². The van der Waals surface area contributed by atoms with Gasteiger partial charge in [0.25, 0.3) is 0 Å². The van der Waals surface area contributed by atoms with Crippen molar-refractivity contribution in [3.63, 3.8) is 0 Å². The summed E-state index contributed by atoms with van der Waals surface area (Å²) in [7, 11) is 3.28. The van der Waals surface area contributed by atoms with Crippen LogP contribution in [0.1, 0.15) is 30.0 Å². The van der Waals surface area contributed by atoms with Crippen LogP contribution in [0.5, 0.6) is 11.5 Å². The molecule has 168 valence electrons. The number of likely N-dealkylation sites (tertiary alicyclic amines) is 1. The van der Waals surface area contributed by atoms with Crippen LogP contribution in [0.2, 0.25) is 0 Å². The van der Waals surface area contributed by atoms with Gasteiger partial charge < -0.3 is 14.8 Å². The van der Waals surface area contributed by atoms with Gasteiger partial charge in [-0.05, 0) is 46.5 Å². The number of benzene rings is 2. The van der Waals surface area contributed by atoms with Gasteiger partial charge in [0, 0.05) is 25.7 Å². The van der Waals surface area contributed by atoms with Crippen LogP contribution in [0.15, 0.2) is 54.9 Å². The number of amides is 1. The number of aromatic nitrogens is 4. The van der Waals surface area contributed by atoms with E-state index < -0.39 is 6.04 Å². The van der Waals surface area contributed by atoms with Crippen LogP contribution in [0.4, 0.5) is 0 Å². The topological polar surface area (TPSA) is 94.4 Å². The lowest BCUT2D eigenvalue weighted by molar-refractivity contribution is -0.124. The molecule has 3 aromatic rings. The zero-order valence-electron chi connectivity index (χ0n) is 18.3. The van der Waals surface area contributed by atoms with E-state index in [2.05, 4.69) is 31.8 Å². The summed E-state index contributed by atoms with van der Waals surface area (Å²) in [5.74, 6) is 1.37. The summed E-state index contributed by atoms with van der Waals surface area (Å²) in [5.41, 5.74) is 2.02. The third kappa shape index (κ3) is 5.05. The van der Waals surface area contributed by atoms with Crippen molar-refractivity contribution in [2.45, 2.75) is 31.5 Å². The first kappa shape index (κ1) is 21.8. The normalized spacial score (nSPS) is 15.8. The summed E-state index contributed by atoms with van der Waals surface area (Å²) in [6, 6.07) is 15.1. The Bertz CT molecular complexity index is 1000. The number of carbonyl (C=O) groups excluding carboxylic acids is 1. The van der Waals surface area contributed by atoms with Crippen molar-refractivity contribution in [1.29, 1.82) is 0 Å². The van der Waals surface area contributed by atoms with E-state index in [0.29, 0.717) is 0 Å². The summed E-state index contributed by atoms with van der Waals surface area (Å²) >= 11 is 0. The largest absolute Gasteiger partial charge is 0.493 e. The van der Waals surface area contributed by atoms with Crippen molar-refractivity contribution in [2.75, 3.05) is 27.3 Å². The van der Waals surface area contributed by atoms with Gasteiger partial charge in [0.05, 0.1) is 14.2 Å². The summed E-state index contributed by atoms with van der Waals surface area (Å²) in [5, 5.41) is 14.6. The van der Waals surface area contributed by atoms with Crippen LogP contribution in [-0.2, 0) is 11.3 Å². The second kappa shape index (κ2) is 10.2. The fourth-order valence-corrected chi connectivity index (χ4v) is 4.10. The molecule has 2 heterocycles. The molecule has 0 bridgehead atoms. The van der Waals surface area contributed by atoms with E-state index >= 15 is 0 Å². The Kier molecular flexibility index (Phi) is 6.96. The molecule has 1 aliphatic heterocycles. The van der Waals surface area contributed by atoms with Crippen LogP contribution in [0, 0.1) is 0 Å². The molecule has 1 saturated heterocycles. The maximum Gasteiger partial charge on any atom is 0.249 e. The van der Waals surface area contributed by atoms with E-state index in [9.17, 15) is 4.79 Å². The second-order valence-electron chi connectivity index (χ2n) is 7.85. The predicted octanol–water partition coefficient (Wildman–Crippen LogP) is 2.06. The highest BCUT2D eigenvalue weighted by atomic mass is 16.5. The Hall–Kier alpha value is -3.46. The lowest BCUT2D eigenvalue weighted by Crippen LogP contribution is -2.46. The van der Waals surface area contributed by atoms with Crippen molar-refractivity contribution >= 4 is 5.91 Å². The van der Waals surface area contributed by atoms with Crippen molar-refractivity contribution < 1.29 is 14.3 Å². The number of nitrogens with one attached hydrogen (secondary N) is 1. The third-order valence-corrected chi connectivity index (χ3v) is 5.78. The molecule has 1 aliphatic rings. The van der Waals surface area contributed by atoms with Gasteiger partial charge in [-0.3, -0.25) is 9.69 Å². The molecule has 1 atom stereocenters. The van der Waals surface area contributed by atoms with Gasteiger partial charge in [0.15, 0.2) is 17.5 Å². The Morgan fingerprint density at radius 1 is 1.09 bits per heavy atom. The Balaban J connectivity index is 1.35. The number of tetrazole rings is 1. The smallest absolute Gasteiger partial charge is 0.249 e. The van der Waals surface area contributed by atoms with E-state index in [4.69, 9.17) is 9.47 Å². The van der Waals surface area contributed by atoms with E-state index in [-0.39, 0.29) is 11.9 Å². The second-order valence-corrected chi connectivity index (χ2v) is 7.85. The molecule has 32 heavy (non-hydrogen) atoms. The Morgan fingerprint density at radius 3 is 2.50 bits per heavy atom. The number of hydrogen-bond donors (Lipinski definition) is 1. The number of hydrogen-bond acceptors (Lipinski definition) is 7. The first-order chi connectivity index (χ1) is 15.7. The minimum absolute atomic E-state index is 0.0955. The lowest BCUT2D eigenvalue weighted by atomic mass is 10.0. The number of carbonyl (C=O) groups is 1. The minimum atomic E-state index is -0.587. The SMILES string of the molecule is COc1ccc(CN2CCC(NC(=O)[C@H](c3ccccc3)n3cnnn3)CC2)cc1OC. The first-order valence-electron chi connectivity index (χ1n) is 10.7. The van der Waals surface area contributed by atoms with Crippen LogP contribution < -0.4 is 14.8 Å². The molecule has 1 N–H and O–H groups in total. The third-order valence-electron chi connectivity index (χ3n) is 5.78. The summed E-state index contributed by atoms with van der Waals surface area (Å²) in [4.78, 5) is 15.5. The Morgan fingerprint density at radius 2 is 1.84 bits per heavy atom. The van der Waals surface area contributed by atoms with Crippen molar-refractivity contribution in [3.05, 3.63) is 66.0 Å². The fourth-order valence-electron chi connectivity index (χ4n) is 4.10. The van der Waals surface area contributed by atoms with Gasteiger partial charge in [-0.1, -0.05) is 36.4 Å². The average molecular weight is 437 g/mol. The van der Waals surface area contributed by atoms with Crippen molar-refractivity contribution in [1.82, 2.24) is 30.4 Å². The summed E-state index contributed by atoms with van der Waals surface area (Å²) in [6.07, 6.45) is 3.25. The minimum Gasteiger partial charge on any atom is -0.493 e.